The molecule has 1 N–H and O–H groups in total. The third-order valence-corrected chi connectivity index (χ3v) is 3.53. The number of para-hydroxylation sites is 1. The van der Waals surface area contributed by atoms with Crippen molar-refractivity contribution in [2.45, 2.75) is 19.9 Å². The summed E-state index contributed by atoms with van der Waals surface area (Å²) in [5, 5.41) is 3.48. The molecule has 1 aromatic heterocycles. The Balaban J connectivity index is 2.07. The van der Waals surface area contributed by atoms with Crippen LogP contribution in [0.15, 0.2) is 42.5 Å². The van der Waals surface area contributed by atoms with Gasteiger partial charge in [-0.15, -0.1) is 11.3 Å². The Labute approximate surface area is 94.8 Å². The van der Waals surface area contributed by atoms with E-state index in [2.05, 4.69) is 55.6 Å². The Kier molecular flexibility index (Phi) is 3.07. The third kappa shape index (κ3) is 2.60. The van der Waals surface area contributed by atoms with Crippen LogP contribution in [0.25, 0.3) is 0 Å². The zero-order chi connectivity index (χ0) is 10.7. The van der Waals surface area contributed by atoms with E-state index in [1.165, 1.54) is 15.4 Å². The smallest absolute Gasteiger partial charge is 0.0578 e. The van der Waals surface area contributed by atoms with Crippen molar-refractivity contribution in [3.63, 3.8) is 0 Å². The number of nitrogens with one attached hydrogen (secondary N) is 1. The van der Waals surface area contributed by atoms with Gasteiger partial charge in [0.15, 0.2) is 0 Å². The summed E-state index contributed by atoms with van der Waals surface area (Å²) in [5.41, 5.74) is 1.18. The zero-order valence-corrected chi connectivity index (χ0v) is 9.84. The summed E-state index contributed by atoms with van der Waals surface area (Å²) < 4.78 is 0. The number of thiophene rings is 1. The van der Waals surface area contributed by atoms with Crippen LogP contribution in [-0.2, 0) is 0 Å². The largest absolute Gasteiger partial charge is 0.378 e. The summed E-state index contributed by atoms with van der Waals surface area (Å²) in [5.74, 6) is 0. The highest BCUT2D eigenvalue weighted by atomic mass is 32.1. The Hall–Kier alpha value is -1.28. The van der Waals surface area contributed by atoms with E-state index in [0.717, 1.165) is 0 Å². The normalized spacial score (nSPS) is 12.4. The number of anilines is 1. The van der Waals surface area contributed by atoms with Crippen molar-refractivity contribution in [2.24, 2.45) is 0 Å². The summed E-state index contributed by atoms with van der Waals surface area (Å²) in [6.07, 6.45) is 0. The molecular weight excluding hydrogens is 202 g/mol. The van der Waals surface area contributed by atoms with Gasteiger partial charge in [0.25, 0.3) is 0 Å². The Bertz CT molecular complexity index is 419. The molecule has 0 fully saturated rings. The predicted octanol–water partition coefficient (Wildman–Crippen LogP) is 4.23. The molecule has 0 unspecified atom stereocenters. The Morgan fingerprint density at radius 1 is 1.07 bits per heavy atom. The standard InChI is InChI=1S/C13H15NS/c1-10-8-9-13(15-10)11(2)14-12-6-4-3-5-7-12/h3-9,11,14H,1-2H3/t11-/m1/s1. The van der Waals surface area contributed by atoms with Gasteiger partial charge >= 0.3 is 0 Å². The summed E-state index contributed by atoms with van der Waals surface area (Å²) in [4.78, 5) is 2.75. The van der Waals surface area contributed by atoms with Crippen LogP contribution in [0.4, 0.5) is 5.69 Å². The molecule has 1 nitrogen and oxygen atoms in total. The number of rotatable bonds is 3. The van der Waals surface area contributed by atoms with Gasteiger partial charge in [-0.3, -0.25) is 0 Å². The van der Waals surface area contributed by atoms with E-state index in [1.54, 1.807) is 0 Å². The van der Waals surface area contributed by atoms with E-state index >= 15 is 0 Å². The fourth-order valence-corrected chi connectivity index (χ4v) is 2.42. The van der Waals surface area contributed by atoms with Gasteiger partial charge in [0.2, 0.25) is 0 Å². The quantitative estimate of drug-likeness (QED) is 0.811. The topological polar surface area (TPSA) is 12.0 Å². The number of benzene rings is 1. The van der Waals surface area contributed by atoms with Crippen molar-refractivity contribution in [3.05, 3.63) is 52.2 Å². The van der Waals surface area contributed by atoms with E-state index < -0.39 is 0 Å². The molecule has 0 aliphatic rings. The molecule has 0 spiro atoms. The van der Waals surface area contributed by atoms with Crippen LogP contribution in [0, 0.1) is 6.92 Å². The minimum Gasteiger partial charge on any atom is -0.378 e. The lowest BCUT2D eigenvalue weighted by atomic mass is 10.2. The molecule has 2 aromatic rings. The van der Waals surface area contributed by atoms with Crippen LogP contribution >= 0.6 is 11.3 Å². The zero-order valence-electron chi connectivity index (χ0n) is 9.03. The Morgan fingerprint density at radius 2 is 1.80 bits per heavy atom. The molecular formula is C13H15NS. The van der Waals surface area contributed by atoms with E-state index in [9.17, 15) is 0 Å². The fourth-order valence-electron chi connectivity index (χ4n) is 1.54. The second-order valence-corrected chi connectivity index (χ2v) is 5.00. The molecule has 2 heteroatoms. The molecule has 0 aliphatic heterocycles. The lowest BCUT2D eigenvalue weighted by Gasteiger charge is -2.13. The molecule has 15 heavy (non-hydrogen) atoms. The first-order valence-electron chi connectivity index (χ1n) is 5.13. The minimum absolute atomic E-state index is 0.381. The molecule has 0 radical (unpaired) electrons. The second-order valence-electron chi connectivity index (χ2n) is 3.68. The van der Waals surface area contributed by atoms with Crippen molar-refractivity contribution >= 4 is 17.0 Å². The minimum atomic E-state index is 0.381. The van der Waals surface area contributed by atoms with Crippen LogP contribution in [0.3, 0.4) is 0 Å². The monoisotopic (exact) mass is 217 g/mol. The summed E-state index contributed by atoms with van der Waals surface area (Å²) in [7, 11) is 0. The van der Waals surface area contributed by atoms with Crippen molar-refractivity contribution in [3.8, 4) is 0 Å². The van der Waals surface area contributed by atoms with Crippen LogP contribution in [0.2, 0.25) is 0 Å². The fraction of sp³-hybridized carbons (Fsp3) is 0.231. The molecule has 0 saturated carbocycles. The first kappa shape index (κ1) is 10.2. The van der Waals surface area contributed by atoms with Gasteiger partial charge in [0.1, 0.15) is 0 Å². The van der Waals surface area contributed by atoms with Gasteiger partial charge in [-0.25, -0.2) is 0 Å². The molecule has 0 saturated heterocycles. The van der Waals surface area contributed by atoms with Crippen LogP contribution in [0.5, 0.6) is 0 Å². The van der Waals surface area contributed by atoms with Crippen molar-refractivity contribution in [1.82, 2.24) is 0 Å². The molecule has 0 aliphatic carbocycles. The van der Waals surface area contributed by atoms with Crippen LogP contribution in [-0.4, -0.2) is 0 Å². The van der Waals surface area contributed by atoms with E-state index in [4.69, 9.17) is 0 Å². The Morgan fingerprint density at radius 3 is 2.40 bits per heavy atom. The van der Waals surface area contributed by atoms with Gasteiger partial charge in [0.05, 0.1) is 6.04 Å². The van der Waals surface area contributed by atoms with Gasteiger partial charge in [-0.1, -0.05) is 18.2 Å². The molecule has 1 heterocycles. The average molecular weight is 217 g/mol. The predicted molar refractivity (Wildman–Crippen MR) is 67.5 cm³/mol. The third-order valence-electron chi connectivity index (χ3n) is 2.34. The van der Waals surface area contributed by atoms with E-state index in [-0.39, 0.29) is 0 Å². The van der Waals surface area contributed by atoms with Gasteiger partial charge in [-0.2, -0.15) is 0 Å². The molecule has 1 aromatic carbocycles. The molecule has 2 rings (SSSR count). The lowest BCUT2D eigenvalue weighted by Crippen LogP contribution is -2.04. The molecule has 0 amide bonds. The van der Waals surface area contributed by atoms with Crippen LogP contribution < -0.4 is 5.32 Å². The average Bonchev–Trinajstić information content (AvgIpc) is 2.66. The first-order valence-corrected chi connectivity index (χ1v) is 5.95. The number of hydrogen-bond acceptors (Lipinski definition) is 2. The highest BCUT2D eigenvalue weighted by molar-refractivity contribution is 7.12. The molecule has 78 valence electrons. The van der Waals surface area contributed by atoms with E-state index in [0.29, 0.717) is 6.04 Å². The molecule has 1 atom stereocenters. The lowest BCUT2D eigenvalue weighted by molar-refractivity contribution is 0.908. The van der Waals surface area contributed by atoms with Gasteiger partial charge < -0.3 is 5.32 Å². The van der Waals surface area contributed by atoms with Crippen LogP contribution in [0.1, 0.15) is 22.7 Å². The summed E-state index contributed by atoms with van der Waals surface area (Å²) >= 11 is 1.85. The van der Waals surface area contributed by atoms with Crippen molar-refractivity contribution in [2.75, 3.05) is 5.32 Å². The highest BCUT2D eigenvalue weighted by Crippen LogP contribution is 2.25. The number of hydrogen-bond donors (Lipinski definition) is 1. The van der Waals surface area contributed by atoms with Crippen molar-refractivity contribution in [1.29, 1.82) is 0 Å². The summed E-state index contributed by atoms with van der Waals surface area (Å²) in [6.45, 7) is 4.33. The van der Waals surface area contributed by atoms with Gasteiger partial charge in [0, 0.05) is 15.4 Å². The first-order chi connectivity index (χ1) is 7.25. The molecule has 0 bridgehead atoms. The summed E-state index contributed by atoms with van der Waals surface area (Å²) in [6, 6.07) is 15.1. The SMILES string of the molecule is Cc1ccc([C@@H](C)Nc2ccccc2)s1. The second kappa shape index (κ2) is 4.49. The van der Waals surface area contributed by atoms with Gasteiger partial charge in [-0.05, 0) is 38.1 Å². The van der Waals surface area contributed by atoms with E-state index in [1.807, 2.05) is 17.4 Å². The highest BCUT2D eigenvalue weighted by Gasteiger charge is 2.06. The number of aryl methyl sites for hydroxylation is 1. The maximum atomic E-state index is 3.48. The maximum absolute atomic E-state index is 3.48. The van der Waals surface area contributed by atoms with Crippen molar-refractivity contribution < 1.29 is 0 Å². The maximum Gasteiger partial charge on any atom is 0.0578 e.